The van der Waals surface area contributed by atoms with E-state index in [4.69, 9.17) is 4.74 Å². The lowest BCUT2D eigenvalue weighted by molar-refractivity contribution is -0.141. The van der Waals surface area contributed by atoms with E-state index in [1.807, 2.05) is 6.92 Å². The number of hydrogen-bond donors (Lipinski definition) is 2. The average Bonchev–Trinajstić information content (AvgIpc) is 3.19. The van der Waals surface area contributed by atoms with Gasteiger partial charge in [-0.3, -0.25) is 9.89 Å². The van der Waals surface area contributed by atoms with Crippen molar-refractivity contribution in [2.24, 2.45) is 10.9 Å². The number of alkyl halides is 3. The predicted octanol–water partition coefficient (Wildman–Crippen LogP) is 1.53. The number of ether oxygens (including phenoxy) is 1. The topological polar surface area (TPSA) is 77.9 Å². The minimum Gasteiger partial charge on any atom is -0.379 e. The van der Waals surface area contributed by atoms with Crippen molar-refractivity contribution in [1.82, 2.24) is 25.1 Å². The molecule has 0 spiro atoms. The zero-order chi connectivity index (χ0) is 21.4. The third-order valence-corrected chi connectivity index (χ3v) is 5.14. The molecule has 30 heavy (non-hydrogen) atoms. The molecule has 0 aliphatic carbocycles. The molecule has 0 radical (unpaired) electrons. The summed E-state index contributed by atoms with van der Waals surface area (Å²) in [6.07, 6.45) is -2.26. The van der Waals surface area contributed by atoms with Crippen LogP contribution < -0.4 is 10.6 Å². The van der Waals surface area contributed by atoms with Gasteiger partial charge in [-0.25, -0.2) is 9.97 Å². The van der Waals surface area contributed by atoms with Crippen molar-refractivity contribution < 1.29 is 17.9 Å². The number of guanidine groups is 1. The summed E-state index contributed by atoms with van der Waals surface area (Å²) < 4.78 is 43.6. The first-order valence-electron chi connectivity index (χ1n) is 10.4. The monoisotopic (exact) mass is 429 g/mol. The number of nitrogens with one attached hydrogen (secondary N) is 2. The molecule has 11 heteroatoms. The summed E-state index contributed by atoms with van der Waals surface area (Å²) in [7, 11) is 0. The standard InChI is InChI=1S/C19H30F3N7O/c1-2-23-18(29-8-4-15(14-29)13-28-9-11-30-12-10-28)26-7-6-25-17-24-5-3-16(27-17)19(20,21)22/h3,5,15H,2,4,6-14H2,1H3,(H,23,26)(H,24,25,27). The van der Waals surface area contributed by atoms with Crippen molar-refractivity contribution in [3.63, 3.8) is 0 Å². The second-order valence-electron chi connectivity index (χ2n) is 7.44. The number of aromatic nitrogens is 2. The van der Waals surface area contributed by atoms with Crippen molar-refractivity contribution in [1.29, 1.82) is 0 Å². The molecule has 0 bridgehead atoms. The smallest absolute Gasteiger partial charge is 0.379 e. The maximum Gasteiger partial charge on any atom is 0.433 e. The summed E-state index contributed by atoms with van der Waals surface area (Å²) in [5.41, 5.74) is -0.958. The van der Waals surface area contributed by atoms with E-state index in [-0.39, 0.29) is 5.95 Å². The van der Waals surface area contributed by atoms with Crippen molar-refractivity contribution in [3.05, 3.63) is 18.0 Å². The summed E-state index contributed by atoms with van der Waals surface area (Å²) in [5.74, 6) is 1.40. The van der Waals surface area contributed by atoms with Crippen LogP contribution in [-0.2, 0) is 10.9 Å². The summed E-state index contributed by atoms with van der Waals surface area (Å²) in [6.45, 7) is 10.1. The van der Waals surface area contributed by atoms with Crippen molar-refractivity contribution in [2.75, 3.05) is 70.9 Å². The number of rotatable bonds is 7. The van der Waals surface area contributed by atoms with Crippen LogP contribution in [0.4, 0.5) is 19.1 Å². The van der Waals surface area contributed by atoms with Gasteiger partial charge in [0.1, 0.15) is 5.69 Å². The molecule has 168 valence electrons. The van der Waals surface area contributed by atoms with Gasteiger partial charge in [0.2, 0.25) is 5.95 Å². The fraction of sp³-hybridized carbons (Fsp3) is 0.737. The Kier molecular flexibility index (Phi) is 8.08. The Morgan fingerprint density at radius 2 is 2.10 bits per heavy atom. The Bertz CT molecular complexity index is 695. The first-order valence-corrected chi connectivity index (χ1v) is 10.4. The largest absolute Gasteiger partial charge is 0.433 e. The van der Waals surface area contributed by atoms with Crippen molar-refractivity contribution in [3.8, 4) is 0 Å². The molecule has 1 aromatic rings. The summed E-state index contributed by atoms with van der Waals surface area (Å²) in [5, 5.41) is 6.13. The molecule has 1 aromatic heterocycles. The second-order valence-corrected chi connectivity index (χ2v) is 7.44. The Morgan fingerprint density at radius 3 is 2.83 bits per heavy atom. The quantitative estimate of drug-likeness (QED) is 0.387. The van der Waals surface area contributed by atoms with Crippen LogP contribution in [0, 0.1) is 5.92 Å². The molecule has 0 saturated carbocycles. The van der Waals surface area contributed by atoms with E-state index in [1.165, 1.54) is 0 Å². The van der Waals surface area contributed by atoms with Crippen LogP contribution in [0.25, 0.3) is 0 Å². The zero-order valence-corrected chi connectivity index (χ0v) is 17.3. The van der Waals surface area contributed by atoms with E-state index < -0.39 is 11.9 Å². The van der Waals surface area contributed by atoms with Crippen LogP contribution in [-0.4, -0.2) is 91.3 Å². The lowest BCUT2D eigenvalue weighted by atomic mass is 10.1. The Morgan fingerprint density at radius 1 is 1.30 bits per heavy atom. The van der Waals surface area contributed by atoms with E-state index in [2.05, 4.69) is 35.4 Å². The number of morpholine rings is 1. The maximum atomic E-state index is 12.7. The second kappa shape index (κ2) is 10.8. The fourth-order valence-corrected chi connectivity index (χ4v) is 3.68. The highest BCUT2D eigenvalue weighted by Gasteiger charge is 2.32. The molecule has 2 saturated heterocycles. The van der Waals surface area contributed by atoms with Gasteiger partial charge in [0, 0.05) is 52.0 Å². The molecule has 3 heterocycles. The van der Waals surface area contributed by atoms with Gasteiger partial charge in [-0.15, -0.1) is 0 Å². The number of halogens is 3. The Labute approximate surface area is 174 Å². The number of nitrogens with zero attached hydrogens (tertiary/aromatic N) is 5. The van der Waals surface area contributed by atoms with E-state index in [0.717, 1.165) is 77.1 Å². The molecule has 0 aromatic carbocycles. The maximum absolute atomic E-state index is 12.7. The normalized spacial score (nSPS) is 21.1. The van der Waals surface area contributed by atoms with Crippen LogP contribution in [0.3, 0.4) is 0 Å². The van der Waals surface area contributed by atoms with Crippen LogP contribution in [0.1, 0.15) is 19.0 Å². The first kappa shape index (κ1) is 22.5. The molecular formula is C19H30F3N7O. The van der Waals surface area contributed by atoms with Crippen LogP contribution in [0.15, 0.2) is 17.3 Å². The summed E-state index contributed by atoms with van der Waals surface area (Å²) >= 11 is 0. The van der Waals surface area contributed by atoms with Crippen LogP contribution in [0.2, 0.25) is 0 Å². The Hall–Kier alpha value is -2.14. The van der Waals surface area contributed by atoms with Gasteiger partial charge in [0.05, 0.1) is 19.8 Å². The third kappa shape index (κ3) is 6.69. The van der Waals surface area contributed by atoms with Crippen LogP contribution in [0.5, 0.6) is 0 Å². The molecule has 0 amide bonds. The predicted molar refractivity (Wildman–Crippen MR) is 108 cm³/mol. The lowest BCUT2D eigenvalue weighted by Crippen LogP contribution is -2.42. The molecule has 2 N–H and O–H groups in total. The van der Waals surface area contributed by atoms with Gasteiger partial charge in [0.15, 0.2) is 5.96 Å². The lowest BCUT2D eigenvalue weighted by Gasteiger charge is -2.29. The molecule has 2 fully saturated rings. The summed E-state index contributed by atoms with van der Waals surface area (Å²) in [6, 6.07) is 0.854. The SMILES string of the molecule is CCNC(=NCCNc1nccc(C(F)(F)F)n1)N1CCC(CN2CCOCC2)C1. The Balaban J connectivity index is 1.47. The van der Waals surface area contributed by atoms with Gasteiger partial charge in [-0.1, -0.05) is 0 Å². The van der Waals surface area contributed by atoms with Gasteiger partial charge >= 0.3 is 6.18 Å². The van der Waals surface area contributed by atoms with Gasteiger partial charge in [-0.2, -0.15) is 13.2 Å². The third-order valence-electron chi connectivity index (χ3n) is 5.14. The highest BCUT2D eigenvalue weighted by atomic mass is 19.4. The van der Waals surface area contributed by atoms with Gasteiger partial charge < -0.3 is 20.3 Å². The molecule has 1 atom stereocenters. The molecule has 2 aliphatic rings. The number of hydrogen-bond acceptors (Lipinski definition) is 6. The number of aliphatic imine (C=N–C) groups is 1. The van der Waals surface area contributed by atoms with Gasteiger partial charge in [-0.05, 0) is 25.3 Å². The number of likely N-dealkylation sites (tertiary alicyclic amines) is 1. The van der Waals surface area contributed by atoms with Crippen molar-refractivity contribution in [2.45, 2.75) is 19.5 Å². The zero-order valence-electron chi connectivity index (χ0n) is 17.3. The first-order chi connectivity index (χ1) is 14.5. The van der Waals surface area contributed by atoms with Gasteiger partial charge in [0.25, 0.3) is 0 Å². The molecule has 2 aliphatic heterocycles. The minimum atomic E-state index is -4.48. The number of anilines is 1. The van der Waals surface area contributed by atoms with E-state index in [9.17, 15) is 13.2 Å². The highest BCUT2D eigenvalue weighted by Crippen LogP contribution is 2.27. The van der Waals surface area contributed by atoms with Crippen molar-refractivity contribution >= 4 is 11.9 Å². The average molecular weight is 429 g/mol. The summed E-state index contributed by atoms with van der Waals surface area (Å²) in [4.78, 5) is 16.7. The van der Waals surface area contributed by atoms with E-state index in [1.54, 1.807) is 0 Å². The molecular weight excluding hydrogens is 399 g/mol. The molecule has 3 rings (SSSR count). The van der Waals surface area contributed by atoms with Crippen LogP contribution >= 0.6 is 0 Å². The molecule has 1 unspecified atom stereocenters. The van der Waals surface area contributed by atoms with E-state index >= 15 is 0 Å². The van der Waals surface area contributed by atoms with E-state index in [0.29, 0.717) is 19.0 Å². The minimum absolute atomic E-state index is 0.0447. The molecule has 8 nitrogen and oxygen atoms in total. The highest BCUT2D eigenvalue weighted by molar-refractivity contribution is 5.80. The fourth-order valence-electron chi connectivity index (χ4n) is 3.68.